The van der Waals surface area contributed by atoms with E-state index in [1.165, 1.54) is 0 Å². The van der Waals surface area contributed by atoms with E-state index in [2.05, 4.69) is 11.3 Å². The lowest BCUT2D eigenvalue weighted by molar-refractivity contribution is -0.0545. The zero-order valence-electron chi connectivity index (χ0n) is 8.51. The Kier molecular flexibility index (Phi) is 3.05. The molecular weight excluding hydrogens is 184 g/mol. The predicted octanol–water partition coefficient (Wildman–Crippen LogP) is 2.86. The molecule has 0 aromatic carbocycles. The van der Waals surface area contributed by atoms with Crippen molar-refractivity contribution >= 4 is 0 Å². The first-order chi connectivity index (χ1) is 6.67. The van der Waals surface area contributed by atoms with E-state index in [9.17, 15) is 8.78 Å². The van der Waals surface area contributed by atoms with Gasteiger partial charge in [0.15, 0.2) is 0 Å². The Bertz CT molecular complexity index is 178. The molecule has 0 unspecified atom stereocenters. The van der Waals surface area contributed by atoms with E-state index in [1.54, 1.807) is 0 Å². The zero-order chi connectivity index (χ0) is 10.0. The van der Waals surface area contributed by atoms with Crippen LogP contribution in [-0.4, -0.2) is 30.0 Å². The van der Waals surface area contributed by atoms with Gasteiger partial charge >= 0.3 is 0 Å². The van der Waals surface area contributed by atoms with Crippen LogP contribution in [0.4, 0.5) is 8.78 Å². The SMILES string of the molecule is FC1(F)CCC(N2CC[CH]CC2)CC1. The van der Waals surface area contributed by atoms with Crippen LogP contribution in [0.3, 0.4) is 0 Å². The summed E-state index contributed by atoms with van der Waals surface area (Å²) in [5.41, 5.74) is 0. The Morgan fingerprint density at radius 3 is 2.21 bits per heavy atom. The Morgan fingerprint density at radius 1 is 1.07 bits per heavy atom. The van der Waals surface area contributed by atoms with Crippen molar-refractivity contribution < 1.29 is 8.78 Å². The van der Waals surface area contributed by atoms with Gasteiger partial charge in [0, 0.05) is 18.9 Å². The molecule has 3 heteroatoms. The molecule has 2 aliphatic rings. The van der Waals surface area contributed by atoms with E-state index < -0.39 is 5.92 Å². The highest BCUT2D eigenvalue weighted by molar-refractivity contribution is 4.87. The highest BCUT2D eigenvalue weighted by Crippen LogP contribution is 2.35. The average Bonchev–Trinajstić information content (AvgIpc) is 2.19. The lowest BCUT2D eigenvalue weighted by Gasteiger charge is -2.38. The van der Waals surface area contributed by atoms with Crippen LogP contribution in [0.25, 0.3) is 0 Å². The van der Waals surface area contributed by atoms with Gasteiger partial charge in [-0.25, -0.2) is 8.78 Å². The first-order valence-corrected chi connectivity index (χ1v) is 5.61. The molecule has 2 rings (SSSR count). The molecule has 81 valence electrons. The average molecular weight is 202 g/mol. The quantitative estimate of drug-likeness (QED) is 0.632. The second kappa shape index (κ2) is 4.13. The molecule has 1 nitrogen and oxygen atoms in total. The lowest BCUT2D eigenvalue weighted by Crippen LogP contribution is -2.43. The number of piperidine rings is 1. The summed E-state index contributed by atoms with van der Waals surface area (Å²) in [7, 11) is 0. The summed E-state index contributed by atoms with van der Waals surface area (Å²) in [5.74, 6) is -2.38. The first-order valence-electron chi connectivity index (χ1n) is 5.61. The summed E-state index contributed by atoms with van der Waals surface area (Å²) >= 11 is 0. The molecule has 1 saturated carbocycles. The molecule has 1 saturated heterocycles. The van der Waals surface area contributed by atoms with Crippen molar-refractivity contribution in [3.8, 4) is 0 Å². The number of nitrogens with zero attached hydrogens (tertiary/aromatic N) is 1. The molecule has 1 aliphatic heterocycles. The third-order valence-electron chi connectivity index (χ3n) is 3.44. The van der Waals surface area contributed by atoms with Crippen molar-refractivity contribution in [3.05, 3.63) is 6.42 Å². The Labute approximate surface area is 84.5 Å². The molecule has 1 heterocycles. The fourth-order valence-electron chi connectivity index (χ4n) is 2.53. The van der Waals surface area contributed by atoms with E-state index >= 15 is 0 Å². The molecule has 0 amide bonds. The predicted molar refractivity (Wildman–Crippen MR) is 52.3 cm³/mol. The topological polar surface area (TPSA) is 3.24 Å². The van der Waals surface area contributed by atoms with E-state index in [0.29, 0.717) is 18.9 Å². The number of likely N-dealkylation sites (tertiary alicyclic amines) is 1. The molecule has 0 N–H and O–H groups in total. The van der Waals surface area contributed by atoms with Gasteiger partial charge in [-0.15, -0.1) is 0 Å². The number of hydrogen-bond acceptors (Lipinski definition) is 1. The maximum atomic E-state index is 12.9. The zero-order valence-corrected chi connectivity index (χ0v) is 8.51. The van der Waals surface area contributed by atoms with Gasteiger partial charge in [-0.1, -0.05) is 0 Å². The summed E-state index contributed by atoms with van der Waals surface area (Å²) in [6.07, 6.45) is 6.13. The van der Waals surface area contributed by atoms with Crippen molar-refractivity contribution in [2.45, 2.75) is 50.5 Å². The summed E-state index contributed by atoms with van der Waals surface area (Å²) in [6, 6.07) is 0.434. The van der Waals surface area contributed by atoms with Crippen molar-refractivity contribution in [2.24, 2.45) is 0 Å². The third kappa shape index (κ3) is 2.44. The largest absolute Gasteiger partial charge is 0.300 e. The van der Waals surface area contributed by atoms with Gasteiger partial charge in [0.05, 0.1) is 0 Å². The van der Waals surface area contributed by atoms with Crippen molar-refractivity contribution in [1.29, 1.82) is 0 Å². The van der Waals surface area contributed by atoms with Crippen LogP contribution in [0.2, 0.25) is 0 Å². The van der Waals surface area contributed by atoms with Gasteiger partial charge in [0.2, 0.25) is 5.92 Å². The molecular formula is C11H18F2N. The minimum absolute atomic E-state index is 0.0951. The number of halogens is 2. The molecule has 14 heavy (non-hydrogen) atoms. The van der Waals surface area contributed by atoms with Crippen LogP contribution in [0, 0.1) is 6.42 Å². The van der Waals surface area contributed by atoms with Crippen molar-refractivity contribution in [2.75, 3.05) is 13.1 Å². The highest BCUT2D eigenvalue weighted by atomic mass is 19.3. The molecule has 1 radical (unpaired) electrons. The standard InChI is InChI=1S/C11H18F2N/c12-11(13)6-4-10(5-7-11)14-8-2-1-3-9-14/h1,10H,2-9H2. The van der Waals surface area contributed by atoms with E-state index in [0.717, 1.165) is 25.9 Å². The van der Waals surface area contributed by atoms with E-state index in [1.807, 2.05) is 0 Å². The summed E-state index contributed by atoms with van der Waals surface area (Å²) < 4.78 is 25.8. The Morgan fingerprint density at radius 2 is 1.64 bits per heavy atom. The molecule has 1 aliphatic carbocycles. The fourth-order valence-corrected chi connectivity index (χ4v) is 2.53. The molecule has 0 spiro atoms. The Hall–Kier alpha value is -0.180. The van der Waals surface area contributed by atoms with E-state index in [-0.39, 0.29) is 12.8 Å². The molecule has 0 bridgehead atoms. The summed E-state index contributed by atoms with van der Waals surface area (Å²) in [4.78, 5) is 2.40. The summed E-state index contributed by atoms with van der Waals surface area (Å²) in [6.45, 7) is 2.16. The second-order valence-electron chi connectivity index (χ2n) is 4.49. The van der Waals surface area contributed by atoms with Crippen molar-refractivity contribution in [3.63, 3.8) is 0 Å². The fraction of sp³-hybridized carbons (Fsp3) is 0.909. The lowest BCUT2D eigenvalue weighted by atomic mass is 9.90. The van der Waals surface area contributed by atoms with Crippen LogP contribution in [0.1, 0.15) is 38.5 Å². The number of alkyl halides is 2. The first kappa shape index (κ1) is 10.3. The van der Waals surface area contributed by atoms with E-state index in [4.69, 9.17) is 0 Å². The van der Waals surface area contributed by atoms with Gasteiger partial charge in [0.25, 0.3) is 0 Å². The van der Waals surface area contributed by atoms with Crippen LogP contribution in [0.15, 0.2) is 0 Å². The van der Waals surface area contributed by atoms with Gasteiger partial charge in [-0.05, 0) is 45.2 Å². The third-order valence-corrected chi connectivity index (χ3v) is 3.44. The second-order valence-corrected chi connectivity index (χ2v) is 4.49. The van der Waals surface area contributed by atoms with Gasteiger partial charge in [-0.3, -0.25) is 0 Å². The molecule has 2 fully saturated rings. The van der Waals surface area contributed by atoms with Crippen molar-refractivity contribution in [1.82, 2.24) is 4.90 Å². The maximum absolute atomic E-state index is 12.9. The van der Waals surface area contributed by atoms with Crippen LogP contribution < -0.4 is 0 Å². The van der Waals surface area contributed by atoms with Crippen LogP contribution >= 0.6 is 0 Å². The smallest absolute Gasteiger partial charge is 0.248 e. The van der Waals surface area contributed by atoms with Gasteiger partial charge in [0.1, 0.15) is 0 Å². The minimum Gasteiger partial charge on any atom is -0.300 e. The molecule has 0 aromatic rings. The monoisotopic (exact) mass is 202 g/mol. The summed E-state index contributed by atoms with van der Waals surface area (Å²) in [5, 5.41) is 0. The number of hydrogen-bond donors (Lipinski definition) is 0. The van der Waals surface area contributed by atoms with Crippen LogP contribution in [0.5, 0.6) is 0 Å². The normalized spacial score (nSPS) is 30.4. The van der Waals surface area contributed by atoms with Gasteiger partial charge < -0.3 is 4.90 Å². The molecule has 0 aromatic heterocycles. The minimum atomic E-state index is -2.38. The van der Waals surface area contributed by atoms with Crippen LogP contribution in [-0.2, 0) is 0 Å². The molecule has 0 atom stereocenters. The highest BCUT2D eigenvalue weighted by Gasteiger charge is 2.36. The Balaban J connectivity index is 1.82. The van der Waals surface area contributed by atoms with Gasteiger partial charge in [-0.2, -0.15) is 0 Å². The maximum Gasteiger partial charge on any atom is 0.248 e. The number of rotatable bonds is 1.